The summed E-state index contributed by atoms with van der Waals surface area (Å²) < 4.78 is 57.3. The van der Waals surface area contributed by atoms with Crippen LogP contribution in [-0.2, 0) is 24.6 Å². The van der Waals surface area contributed by atoms with E-state index in [1.807, 2.05) is 29.2 Å². The van der Waals surface area contributed by atoms with Crippen molar-refractivity contribution in [3.8, 4) is 0 Å². The lowest BCUT2D eigenvalue weighted by atomic mass is 10.1. The van der Waals surface area contributed by atoms with Crippen LogP contribution in [-0.4, -0.2) is 83.4 Å². The monoisotopic (exact) mass is 533 g/mol. The van der Waals surface area contributed by atoms with Crippen LogP contribution in [0.2, 0.25) is 0 Å². The minimum absolute atomic E-state index is 0.0784. The fourth-order valence-corrected chi connectivity index (χ4v) is 5.39. The number of aromatic nitrogens is 2. The average Bonchev–Trinajstić information content (AvgIpc) is 2.87. The Balaban J connectivity index is 1.44. The van der Waals surface area contributed by atoms with Gasteiger partial charge in [0.25, 0.3) is 0 Å². The number of nitrogens with one attached hydrogen (secondary N) is 1. The molecule has 2 aromatic carbocycles. The maximum absolute atomic E-state index is 12.8. The molecule has 192 valence electrons. The first-order valence-electron chi connectivity index (χ1n) is 11.3. The van der Waals surface area contributed by atoms with Crippen molar-refractivity contribution in [2.45, 2.75) is 17.0 Å². The van der Waals surface area contributed by atoms with Crippen LogP contribution in [0.25, 0.3) is 10.8 Å². The SMILES string of the molecule is CCOC(=O)c1cnc(S(C)(=O)=O)nc1N1CCN(CNS(=O)(=O)c2ccc3ccccc3c2)CC1. The van der Waals surface area contributed by atoms with Crippen LogP contribution in [0.5, 0.6) is 0 Å². The number of piperazine rings is 1. The van der Waals surface area contributed by atoms with Gasteiger partial charge in [0.1, 0.15) is 11.4 Å². The molecule has 11 nitrogen and oxygen atoms in total. The first kappa shape index (κ1) is 25.9. The average molecular weight is 534 g/mol. The maximum atomic E-state index is 12.8. The van der Waals surface area contributed by atoms with Crippen LogP contribution in [0.3, 0.4) is 0 Å². The Morgan fingerprint density at radius 1 is 1.03 bits per heavy atom. The number of esters is 1. The number of fused-ring (bicyclic) bond motifs is 1. The van der Waals surface area contributed by atoms with E-state index in [9.17, 15) is 21.6 Å². The predicted molar refractivity (Wildman–Crippen MR) is 134 cm³/mol. The number of anilines is 1. The highest BCUT2D eigenvalue weighted by Gasteiger charge is 2.27. The third kappa shape index (κ3) is 5.81. The van der Waals surface area contributed by atoms with Crippen molar-refractivity contribution in [3.63, 3.8) is 0 Å². The fourth-order valence-electron chi connectivity index (χ4n) is 3.84. The van der Waals surface area contributed by atoms with Crippen LogP contribution in [0.15, 0.2) is 58.7 Å². The van der Waals surface area contributed by atoms with Crippen LogP contribution in [0.4, 0.5) is 5.82 Å². The lowest BCUT2D eigenvalue weighted by molar-refractivity contribution is 0.0525. The van der Waals surface area contributed by atoms with E-state index in [0.717, 1.165) is 17.0 Å². The molecule has 1 N–H and O–H groups in total. The summed E-state index contributed by atoms with van der Waals surface area (Å²) in [7, 11) is -7.40. The molecule has 1 fully saturated rings. The number of nitrogens with zero attached hydrogens (tertiary/aromatic N) is 4. The Morgan fingerprint density at radius 3 is 2.39 bits per heavy atom. The van der Waals surface area contributed by atoms with E-state index >= 15 is 0 Å². The van der Waals surface area contributed by atoms with E-state index in [1.165, 1.54) is 6.20 Å². The van der Waals surface area contributed by atoms with Gasteiger partial charge in [-0.3, -0.25) is 4.90 Å². The van der Waals surface area contributed by atoms with Crippen LogP contribution in [0.1, 0.15) is 17.3 Å². The molecule has 1 aromatic heterocycles. The van der Waals surface area contributed by atoms with Crippen molar-refractivity contribution in [2.24, 2.45) is 0 Å². The molecule has 2 heterocycles. The zero-order chi connectivity index (χ0) is 25.9. The van der Waals surface area contributed by atoms with Crippen molar-refractivity contribution < 1.29 is 26.4 Å². The third-order valence-corrected chi connectivity index (χ3v) is 8.00. The smallest absolute Gasteiger partial charge is 0.343 e. The van der Waals surface area contributed by atoms with Gasteiger partial charge in [-0.15, -0.1) is 0 Å². The number of ether oxygens (including phenoxy) is 1. The highest BCUT2D eigenvalue weighted by molar-refractivity contribution is 7.90. The molecule has 1 aliphatic rings. The van der Waals surface area contributed by atoms with E-state index in [2.05, 4.69) is 14.7 Å². The van der Waals surface area contributed by atoms with E-state index in [-0.39, 0.29) is 34.7 Å². The summed E-state index contributed by atoms with van der Waals surface area (Å²) in [5.74, 6) is -0.460. The van der Waals surface area contributed by atoms with Crippen molar-refractivity contribution in [1.82, 2.24) is 19.6 Å². The van der Waals surface area contributed by atoms with Crippen molar-refractivity contribution in [1.29, 1.82) is 0 Å². The highest BCUT2D eigenvalue weighted by atomic mass is 32.2. The van der Waals surface area contributed by atoms with Crippen LogP contribution < -0.4 is 9.62 Å². The van der Waals surface area contributed by atoms with E-state index in [1.54, 1.807) is 30.0 Å². The molecule has 13 heteroatoms. The molecule has 1 saturated heterocycles. The molecule has 0 amide bonds. The van der Waals surface area contributed by atoms with Crippen LogP contribution >= 0.6 is 0 Å². The number of carbonyl (C=O) groups is 1. The molecule has 0 radical (unpaired) electrons. The van der Waals surface area contributed by atoms with Gasteiger partial charge in [0.05, 0.1) is 18.2 Å². The Labute approximate surface area is 210 Å². The highest BCUT2D eigenvalue weighted by Crippen LogP contribution is 2.22. The van der Waals surface area contributed by atoms with E-state index < -0.39 is 25.8 Å². The van der Waals surface area contributed by atoms with Gasteiger partial charge in [0, 0.05) is 38.6 Å². The zero-order valence-corrected chi connectivity index (χ0v) is 21.5. The summed E-state index contributed by atoms with van der Waals surface area (Å²) in [6, 6.07) is 12.5. The molecule has 3 aromatic rings. The molecule has 0 unspecified atom stereocenters. The second kappa shape index (κ2) is 10.5. The van der Waals surface area contributed by atoms with Gasteiger partial charge < -0.3 is 9.64 Å². The van der Waals surface area contributed by atoms with Gasteiger partial charge >= 0.3 is 5.97 Å². The Hall–Kier alpha value is -3.13. The number of sulfone groups is 1. The number of carbonyl (C=O) groups excluding carboxylic acids is 1. The third-order valence-electron chi connectivity index (χ3n) is 5.75. The van der Waals surface area contributed by atoms with Gasteiger partial charge in [-0.2, -0.15) is 4.72 Å². The molecular formula is C23H27N5O6S2. The summed E-state index contributed by atoms with van der Waals surface area (Å²) in [6.45, 7) is 3.63. The summed E-state index contributed by atoms with van der Waals surface area (Å²) in [5, 5.41) is 1.42. The predicted octanol–water partition coefficient (Wildman–Crippen LogP) is 1.27. The maximum Gasteiger partial charge on any atom is 0.343 e. The molecule has 0 bridgehead atoms. The molecule has 1 aliphatic heterocycles. The lowest BCUT2D eigenvalue weighted by Crippen LogP contribution is -2.50. The number of hydrogen-bond acceptors (Lipinski definition) is 10. The lowest BCUT2D eigenvalue weighted by Gasteiger charge is -2.35. The van der Waals surface area contributed by atoms with Gasteiger partial charge in [-0.25, -0.2) is 31.6 Å². The quantitative estimate of drug-likeness (QED) is 0.333. The summed E-state index contributed by atoms with van der Waals surface area (Å²) in [4.78, 5) is 24.2. The van der Waals surface area contributed by atoms with Gasteiger partial charge in [-0.1, -0.05) is 30.3 Å². The fraction of sp³-hybridized carbons (Fsp3) is 0.348. The standard InChI is InChI=1S/C23H27N5O6S2/c1-3-34-22(29)20-15-24-23(35(2,30)31)26-21(20)28-12-10-27(11-13-28)16-25-36(32,33)19-9-8-17-6-4-5-7-18(17)14-19/h4-9,14-15,25H,3,10-13,16H2,1-2H3. The largest absolute Gasteiger partial charge is 0.462 e. The number of benzene rings is 2. The molecular weight excluding hydrogens is 506 g/mol. The first-order chi connectivity index (χ1) is 17.1. The van der Waals surface area contributed by atoms with Crippen molar-refractivity contribution in [2.75, 3.05) is 50.6 Å². The number of rotatable bonds is 8. The van der Waals surface area contributed by atoms with Gasteiger partial charge in [0.2, 0.25) is 25.0 Å². The number of hydrogen-bond donors (Lipinski definition) is 1. The minimum Gasteiger partial charge on any atom is -0.462 e. The molecule has 0 atom stereocenters. The normalized spacial score (nSPS) is 15.2. The topological polar surface area (TPSA) is 139 Å². The summed E-state index contributed by atoms with van der Waals surface area (Å²) >= 11 is 0. The summed E-state index contributed by atoms with van der Waals surface area (Å²) in [6.07, 6.45) is 2.16. The van der Waals surface area contributed by atoms with Crippen LogP contribution in [0, 0.1) is 0 Å². The Bertz CT molecular complexity index is 1490. The second-order valence-corrected chi connectivity index (χ2v) is 12.0. The summed E-state index contributed by atoms with van der Waals surface area (Å²) in [5.41, 5.74) is 0.0784. The van der Waals surface area contributed by atoms with Crippen molar-refractivity contribution >= 4 is 42.4 Å². The van der Waals surface area contributed by atoms with Gasteiger partial charge in [0.15, 0.2) is 0 Å². The Kier molecular flexibility index (Phi) is 7.54. The van der Waals surface area contributed by atoms with E-state index in [0.29, 0.717) is 26.2 Å². The van der Waals surface area contributed by atoms with Gasteiger partial charge in [-0.05, 0) is 29.8 Å². The van der Waals surface area contributed by atoms with Crippen molar-refractivity contribution in [3.05, 3.63) is 54.2 Å². The molecule has 0 saturated carbocycles. The van der Waals surface area contributed by atoms with E-state index in [4.69, 9.17) is 4.74 Å². The zero-order valence-electron chi connectivity index (χ0n) is 19.9. The molecule has 0 spiro atoms. The Morgan fingerprint density at radius 2 is 1.72 bits per heavy atom. The second-order valence-electron chi connectivity index (χ2n) is 8.30. The number of sulfonamides is 1. The molecule has 4 rings (SSSR count). The molecule has 36 heavy (non-hydrogen) atoms. The minimum atomic E-state index is -3.72. The molecule has 0 aliphatic carbocycles. The first-order valence-corrected chi connectivity index (χ1v) is 14.7.